The Balaban J connectivity index is 1.61. The number of hydrogen-bond acceptors (Lipinski definition) is 3. The van der Waals surface area contributed by atoms with Crippen LogP contribution in [0.15, 0.2) is 36.4 Å². The first kappa shape index (κ1) is 13.3. The van der Waals surface area contributed by atoms with Crippen molar-refractivity contribution in [3.8, 4) is 0 Å². The summed E-state index contributed by atoms with van der Waals surface area (Å²) < 4.78 is 5.37. The van der Waals surface area contributed by atoms with Crippen molar-refractivity contribution in [3.63, 3.8) is 0 Å². The molecule has 1 aromatic rings. The van der Waals surface area contributed by atoms with Gasteiger partial charge in [0.1, 0.15) is 5.41 Å². The zero-order chi connectivity index (χ0) is 14.0. The maximum absolute atomic E-state index is 11.5. The van der Waals surface area contributed by atoms with E-state index in [4.69, 9.17) is 4.74 Å². The van der Waals surface area contributed by atoms with E-state index in [0.29, 0.717) is 19.8 Å². The molecular weight excluding hydrogens is 254 g/mol. The summed E-state index contributed by atoms with van der Waals surface area (Å²) in [6.45, 7) is 3.12. The molecule has 0 saturated carbocycles. The molecule has 2 heterocycles. The molecule has 2 aliphatic rings. The summed E-state index contributed by atoms with van der Waals surface area (Å²) in [6.07, 6.45) is 4.19. The van der Waals surface area contributed by atoms with Gasteiger partial charge in [-0.1, -0.05) is 42.5 Å². The highest BCUT2D eigenvalue weighted by atomic mass is 16.5. The van der Waals surface area contributed by atoms with Gasteiger partial charge in [-0.15, -0.1) is 0 Å². The van der Waals surface area contributed by atoms with Crippen molar-refractivity contribution in [2.75, 3.05) is 32.8 Å². The quantitative estimate of drug-likeness (QED) is 0.907. The predicted octanol–water partition coefficient (Wildman–Crippen LogP) is 1.73. The van der Waals surface area contributed by atoms with Crippen LogP contribution in [0.4, 0.5) is 0 Å². The third-order valence-electron chi connectivity index (χ3n) is 4.34. The maximum Gasteiger partial charge on any atom is 0.313 e. The minimum Gasteiger partial charge on any atom is -0.481 e. The van der Waals surface area contributed by atoms with E-state index in [-0.39, 0.29) is 5.92 Å². The van der Waals surface area contributed by atoms with Gasteiger partial charge in [0.05, 0.1) is 13.2 Å². The lowest BCUT2D eigenvalue weighted by Gasteiger charge is -2.21. The Morgan fingerprint density at radius 2 is 2.25 bits per heavy atom. The molecule has 4 heteroatoms. The molecule has 2 aliphatic heterocycles. The zero-order valence-corrected chi connectivity index (χ0v) is 11.4. The Morgan fingerprint density at radius 3 is 2.95 bits per heavy atom. The summed E-state index contributed by atoms with van der Waals surface area (Å²) in [5.74, 6) is -0.584. The molecule has 2 fully saturated rings. The Hall–Kier alpha value is -1.65. The minimum absolute atomic E-state index is 0.130. The lowest BCUT2D eigenvalue weighted by molar-refractivity contribution is -0.149. The van der Waals surface area contributed by atoms with Crippen LogP contribution in [-0.4, -0.2) is 48.8 Å². The number of benzene rings is 1. The number of carboxylic acid groups (broad SMARTS) is 1. The predicted molar refractivity (Wildman–Crippen MR) is 76.3 cm³/mol. The van der Waals surface area contributed by atoms with Gasteiger partial charge in [-0.25, -0.2) is 0 Å². The number of rotatable bonds is 4. The maximum atomic E-state index is 11.5. The molecule has 0 aromatic heterocycles. The van der Waals surface area contributed by atoms with Crippen LogP contribution in [0.2, 0.25) is 0 Å². The first-order valence-electron chi connectivity index (χ1n) is 6.96. The molecule has 0 amide bonds. The van der Waals surface area contributed by atoms with E-state index < -0.39 is 11.4 Å². The molecule has 0 spiro atoms. The van der Waals surface area contributed by atoms with Crippen LogP contribution in [0.25, 0.3) is 6.08 Å². The highest BCUT2D eigenvalue weighted by Gasteiger charge is 2.55. The molecule has 2 saturated heterocycles. The molecule has 0 aliphatic carbocycles. The summed E-state index contributed by atoms with van der Waals surface area (Å²) in [6, 6.07) is 10.1. The van der Waals surface area contributed by atoms with Gasteiger partial charge >= 0.3 is 5.97 Å². The summed E-state index contributed by atoms with van der Waals surface area (Å²) in [4.78, 5) is 13.7. The fourth-order valence-electron chi connectivity index (χ4n) is 3.18. The molecule has 4 nitrogen and oxygen atoms in total. The first-order valence-corrected chi connectivity index (χ1v) is 6.96. The van der Waals surface area contributed by atoms with Crippen molar-refractivity contribution >= 4 is 12.0 Å². The number of carbonyl (C=O) groups is 1. The van der Waals surface area contributed by atoms with Gasteiger partial charge in [0.2, 0.25) is 0 Å². The molecule has 1 aromatic carbocycles. The van der Waals surface area contributed by atoms with E-state index in [1.54, 1.807) is 0 Å². The largest absolute Gasteiger partial charge is 0.481 e. The van der Waals surface area contributed by atoms with Crippen molar-refractivity contribution in [3.05, 3.63) is 42.0 Å². The van der Waals surface area contributed by atoms with Crippen LogP contribution >= 0.6 is 0 Å². The Morgan fingerprint density at radius 1 is 1.45 bits per heavy atom. The zero-order valence-electron chi connectivity index (χ0n) is 11.4. The van der Waals surface area contributed by atoms with E-state index in [9.17, 15) is 9.90 Å². The molecule has 0 bridgehead atoms. The van der Waals surface area contributed by atoms with Gasteiger partial charge in [-0.05, 0) is 5.56 Å². The third kappa shape index (κ3) is 2.37. The van der Waals surface area contributed by atoms with E-state index in [0.717, 1.165) is 13.1 Å². The average molecular weight is 273 g/mol. The normalized spacial score (nSPS) is 29.9. The van der Waals surface area contributed by atoms with Crippen molar-refractivity contribution in [2.45, 2.75) is 0 Å². The number of nitrogens with zero attached hydrogens (tertiary/aromatic N) is 1. The van der Waals surface area contributed by atoms with Crippen LogP contribution in [0.5, 0.6) is 0 Å². The lowest BCUT2D eigenvalue weighted by atomic mass is 9.81. The Bertz CT molecular complexity index is 514. The summed E-state index contributed by atoms with van der Waals surface area (Å²) in [7, 11) is 0. The molecule has 1 N–H and O–H groups in total. The Kier molecular flexibility index (Phi) is 3.59. The number of fused-ring (bicyclic) bond motifs is 1. The Labute approximate surface area is 118 Å². The highest BCUT2D eigenvalue weighted by molar-refractivity contribution is 5.76. The van der Waals surface area contributed by atoms with Gasteiger partial charge in [-0.3, -0.25) is 9.69 Å². The van der Waals surface area contributed by atoms with Crippen molar-refractivity contribution in [2.24, 2.45) is 11.3 Å². The fraction of sp³-hybridized carbons (Fsp3) is 0.438. The second-order valence-electron chi connectivity index (χ2n) is 5.68. The van der Waals surface area contributed by atoms with Crippen molar-refractivity contribution in [1.82, 2.24) is 4.90 Å². The molecule has 0 unspecified atom stereocenters. The molecule has 20 heavy (non-hydrogen) atoms. The fourth-order valence-corrected chi connectivity index (χ4v) is 3.18. The average Bonchev–Trinajstić information content (AvgIpc) is 2.97. The molecule has 3 rings (SSSR count). The second kappa shape index (κ2) is 5.38. The standard InChI is InChI=1S/C16H19NO3/c18-15(19)16-11-17(9-14(16)10-20-12-16)8-4-7-13-5-2-1-3-6-13/h1-7,14H,8-12H2,(H,18,19)/b7-4+/t14-,16-/m1/s1. The monoisotopic (exact) mass is 273 g/mol. The van der Waals surface area contributed by atoms with E-state index >= 15 is 0 Å². The summed E-state index contributed by atoms with van der Waals surface area (Å²) in [5, 5.41) is 9.47. The van der Waals surface area contributed by atoms with Crippen LogP contribution in [0.3, 0.4) is 0 Å². The summed E-state index contributed by atoms with van der Waals surface area (Å²) >= 11 is 0. The van der Waals surface area contributed by atoms with Gasteiger partial charge in [-0.2, -0.15) is 0 Å². The number of hydrogen-bond donors (Lipinski definition) is 1. The number of carboxylic acids is 1. The molecule has 106 valence electrons. The van der Waals surface area contributed by atoms with Crippen LogP contribution in [0, 0.1) is 11.3 Å². The van der Waals surface area contributed by atoms with Gasteiger partial charge in [0.15, 0.2) is 0 Å². The number of likely N-dealkylation sites (tertiary alicyclic amines) is 1. The van der Waals surface area contributed by atoms with E-state index in [1.807, 2.05) is 18.2 Å². The molecule has 2 atom stereocenters. The first-order chi connectivity index (χ1) is 9.71. The highest BCUT2D eigenvalue weighted by Crippen LogP contribution is 2.41. The lowest BCUT2D eigenvalue weighted by Crippen LogP contribution is -2.39. The van der Waals surface area contributed by atoms with Gasteiger partial charge in [0, 0.05) is 25.6 Å². The number of aliphatic carboxylic acids is 1. The van der Waals surface area contributed by atoms with Crippen molar-refractivity contribution in [1.29, 1.82) is 0 Å². The van der Waals surface area contributed by atoms with Gasteiger partial charge < -0.3 is 9.84 Å². The second-order valence-corrected chi connectivity index (χ2v) is 5.68. The summed E-state index contributed by atoms with van der Waals surface area (Å²) in [5.41, 5.74) is 0.490. The van der Waals surface area contributed by atoms with Crippen LogP contribution < -0.4 is 0 Å². The molecular formula is C16H19NO3. The van der Waals surface area contributed by atoms with Crippen LogP contribution in [-0.2, 0) is 9.53 Å². The van der Waals surface area contributed by atoms with Crippen LogP contribution in [0.1, 0.15) is 5.56 Å². The smallest absolute Gasteiger partial charge is 0.313 e. The van der Waals surface area contributed by atoms with E-state index in [2.05, 4.69) is 29.2 Å². The molecule has 0 radical (unpaired) electrons. The number of ether oxygens (including phenoxy) is 1. The SMILES string of the molecule is O=C(O)[C@]12COC[C@H]1CN(C/C=C/c1ccccc1)C2. The third-order valence-corrected chi connectivity index (χ3v) is 4.34. The van der Waals surface area contributed by atoms with Gasteiger partial charge in [0.25, 0.3) is 0 Å². The van der Waals surface area contributed by atoms with E-state index in [1.165, 1.54) is 5.56 Å². The topological polar surface area (TPSA) is 49.8 Å². The minimum atomic E-state index is -0.713. The van der Waals surface area contributed by atoms with Crippen molar-refractivity contribution < 1.29 is 14.6 Å².